The van der Waals surface area contributed by atoms with Crippen molar-refractivity contribution in [1.82, 2.24) is 0 Å². The normalized spacial score (nSPS) is 34.4. The van der Waals surface area contributed by atoms with E-state index in [-0.39, 0.29) is 0 Å². The molecule has 3 aliphatic carbocycles. The molecule has 31 heavy (non-hydrogen) atoms. The fourth-order valence-electron chi connectivity index (χ4n) is 7.12. The molecule has 0 aromatic heterocycles. The molecule has 0 atom stereocenters. The predicted molar refractivity (Wildman–Crippen MR) is 135 cm³/mol. The standard InChI is InChI=1S/C31H48/c1-3-24-5-9-26(10-6-24)21-28-13-17-30(18-14-28)23-31-19-15-29(16-20-31)22-27-11-7-25(4-2)8-12-27/h3,15-16,19-20,24-28,30H,1,4-14,17-18,21-23H2,2H3. The van der Waals surface area contributed by atoms with Gasteiger partial charge in [-0.2, -0.15) is 0 Å². The maximum Gasteiger partial charge on any atom is -0.0236 e. The molecule has 172 valence electrons. The van der Waals surface area contributed by atoms with E-state index in [0.717, 1.165) is 35.5 Å². The zero-order valence-electron chi connectivity index (χ0n) is 20.4. The fourth-order valence-corrected chi connectivity index (χ4v) is 7.12. The van der Waals surface area contributed by atoms with Gasteiger partial charge in [0.2, 0.25) is 0 Å². The Kier molecular flexibility index (Phi) is 8.74. The zero-order chi connectivity index (χ0) is 21.5. The van der Waals surface area contributed by atoms with Crippen molar-refractivity contribution >= 4 is 0 Å². The van der Waals surface area contributed by atoms with Crippen molar-refractivity contribution in [1.29, 1.82) is 0 Å². The van der Waals surface area contributed by atoms with E-state index in [9.17, 15) is 0 Å². The first-order valence-corrected chi connectivity index (χ1v) is 13.9. The number of allylic oxidation sites excluding steroid dienone is 1. The lowest BCUT2D eigenvalue weighted by Gasteiger charge is -2.33. The third-order valence-electron chi connectivity index (χ3n) is 9.47. The summed E-state index contributed by atoms with van der Waals surface area (Å²) < 4.78 is 0. The maximum absolute atomic E-state index is 4.00. The Balaban J connectivity index is 1.15. The average Bonchev–Trinajstić information content (AvgIpc) is 2.82. The Labute approximate surface area is 193 Å². The van der Waals surface area contributed by atoms with Gasteiger partial charge < -0.3 is 0 Å². The minimum absolute atomic E-state index is 0.814. The van der Waals surface area contributed by atoms with Gasteiger partial charge in [-0.05, 0) is 117 Å². The van der Waals surface area contributed by atoms with Crippen LogP contribution in [0.3, 0.4) is 0 Å². The number of rotatable bonds is 8. The molecule has 0 aliphatic heterocycles. The van der Waals surface area contributed by atoms with Gasteiger partial charge in [0.05, 0.1) is 0 Å². The molecular weight excluding hydrogens is 372 g/mol. The smallest absolute Gasteiger partial charge is 0.0236 e. The molecule has 3 aliphatic rings. The van der Waals surface area contributed by atoms with Crippen molar-refractivity contribution in [2.24, 2.45) is 35.5 Å². The number of hydrogen-bond acceptors (Lipinski definition) is 0. The van der Waals surface area contributed by atoms with Crippen LogP contribution in [0.15, 0.2) is 36.9 Å². The van der Waals surface area contributed by atoms with Crippen LogP contribution < -0.4 is 0 Å². The summed E-state index contributed by atoms with van der Waals surface area (Å²) in [6.07, 6.45) is 25.2. The van der Waals surface area contributed by atoms with Gasteiger partial charge in [0.1, 0.15) is 0 Å². The summed E-state index contributed by atoms with van der Waals surface area (Å²) in [7, 11) is 0. The summed E-state index contributed by atoms with van der Waals surface area (Å²) in [6.45, 7) is 6.37. The molecule has 0 N–H and O–H groups in total. The lowest BCUT2D eigenvalue weighted by Crippen LogP contribution is -2.21. The van der Waals surface area contributed by atoms with Gasteiger partial charge in [-0.3, -0.25) is 0 Å². The fraction of sp³-hybridized carbons (Fsp3) is 0.742. The topological polar surface area (TPSA) is 0 Å². The average molecular weight is 421 g/mol. The first-order valence-electron chi connectivity index (χ1n) is 13.9. The van der Waals surface area contributed by atoms with Crippen LogP contribution in [0.1, 0.15) is 108 Å². The highest BCUT2D eigenvalue weighted by atomic mass is 14.3. The third-order valence-corrected chi connectivity index (χ3v) is 9.47. The Morgan fingerprint density at radius 1 is 0.613 bits per heavy atom. The van der Waals surface area contributed by atoms with E-state index in [1.165, 1.54) is 103 Å². The van der Waals surface area contributed by atoms with Crippen LogP contribution in [-0.2, 0) is 12.8 Å². The van der Waals surface area contributed by atoms with Gasteiger partial charge in [-0.25, -0.2) is 0 Å². The van der Waals surface area contributed by atoms with Crippen molar-refractivity contribution in [3.63, 3.8) is 0 Å². The van der Waals surface area contributed by atoms with Crippen LogP contribution in [-0.4, -0.2) is 0 Å². The second-order valence-corrected chi connectivity index (χ2v) is 11.7. The Hall–Kier alpha value is -1.04. The van der Waals surface area contributed by atoms with Crippen molar-refractivity contribution in [2.45, 2.75) is 110 Å². The lowest BCUT2D eigenvalue weighted by molar-refractivity contribution is 0.201. The van der Waals surface area contributed by atoms with Crippen molar-refractivity contribution < 1.29 is 0 Å². The molecule has 4 rings (SSSR count). The molecular formula is C31H48. The molecule has 0 heterocycles. The number of benzene rings is 1. The van der Waals surface area contributed by atoms with Gasteiger partial charge in [0, 0.05) is 0 Å². The molecule has 0 radical (unpaired) electrons. The Morgan fingerprint density at radius 3 is 1.42 bits per heavy atom. The summed E-state index contributed by atoms with van der Waals surface area (Å²) in [4.78, 5) is 0. The van der Waals surface area contributed by atoms with E-state index in [1.807, 2.05) is 0 Å². The molecule has 0 bridgehead atoms. The van der Waals surface area contributed by atoms with Crippen LogP contribution in [0.5, 0.6) is 0 Å². The first kappa shape index (κ1) is 23.1. The highest BCUT2D eigenvalue weighted by Gasteiger charge is 2.26. The minimum Gasteiger partial charge on any atom is -0.103 e. The summed E-state index contributed by atoms with van der Waals surface area (Å²) in [5.74, 6) is 5.74. The number of hydrogen-bond donors (Lipinski definition) is 0. The Bertz CT molecular complexity index is 631. The highest BCUT2D eigenvalue weighted by Crippen LogP contribution is 2.39. The van der Waals surface area contributed by atoms with E-state index in [4.69, 9.17) is 0 Å². The predicted octanol–water partition coefficient (Wildman–Crippen LogP) is 9.18. The summed E-state index contributed by atoms with van der Waals surface area (Å²) in [5, 5.41) is 0. The van der Waals surface area contributed by atoms with E-state index in [2.05, 4.69) is 43.8 Å². The molecule has 3 saturated carbocycles. The van der Waals surface area contributed by atoms with Crippen molar-refractivity contribution in [3.8, 4) is 0 Å². The van der Waals surface area contributed by atoms with Gasteiger partial charge in [0.25, 0.3) is 0 Å². The molecule has 0 saturated heterocycles. The third kappa shape index (κ3) is 6.97. The maximum atomic E-state index is 4.00. The van der Waals surface area contributed by atoms with Crippen LogP contribution in [0, 0.1) is 35.5 Å². The van der Waals surface area contributed by atoms with Crippen molar-refractivity contribution in [2.75, 3.05) is 0 Å². The Morgan fingerprint density at radius 2 is 1.00 bits per heavy atom. The van der Waals surface area contributed by atoms with E-state index >= 15 is 0 Å². The summed E-state index contributed by atoms with van der Waals surface area (Å²) in [5.41, 5.74) is 3.17. The zero-order valence-corrected chi connectivity index (χ0v) is 20.4. The molecule has 0 amide bonds. The molecule has 0 nitrogen and oxygen atoms in total. The van der Waals surface area contributed by atoms with Gasteiger partial charge in [-0.15, -0.1) is 6.58 Å². The highest BCUT2D eigenvalue weighted by molar-refractivity contribution is 5.23. The lowest BCUT2D eigenvalue weighted by atomic mass is 9.72. The van der Waals surface area contributed by atoms with E-state index < -0.39 is 0 Å². The molecule has 0 unspecified atom stereocenters. The quantitative estimate of drug-likeness (QED) is 0.368. The molecule has 0 heteroatoms. The van der Waals surface area contributed by atoms with Crippen LogP contribution in [0.4, 0.5) is 0 Å². The summed E-state index contributed by atoms with van der Waals surface area (Å²) in [6, 6.07) is 9.81. The van der Waals surface area contributed by atoms with Gasteiger partial charge >= 0.3 is 0 Å². The molecule has 1 aromatic carbocycles. The van der Waals surface area contributed by atoms with Crippen LogP contribution in [0.2, 0.25) is 0 Å². The summed E-state index contributed by atoms with van der Waals surface area (Å²) >= 11 is 0. The van der Waals surface area contributed by atoms with Gasteiger partial charge in [-0.1, -0.05) is 69.4 Å². The van der Waals surface area contributed by atoms with Crippen LogP contribution in [0.25, 0.3) is 0 Å². The molecule has 1 aromatic rings. The monoisotopic (exact) mass is 420 g/mol. The minimum atomic E-state index is 0.814. The van der Waals surface area contributed by atoms with Gasteiger partial charge in [0.15, 0.2) is 0 Å². The SMILES string of the molecule is C=CC1CCC(CC2CCC(Cc3ccc(CC4CCC(CC)CC4)cc3)CC2)CC1. The molecule has 3 fully saturated rings. The van der Waals surface area contributed by atoms with E-state index in [0.29, 0.717) is 0 Å². The second-order valence-electron chi connectivity index (χ2n) is 11.7. The molecule has 0 spiro atoms. The van der Waals surface area contributed by atoms with E-state index in [1.54, 1.807) is 11.1 Å². The van der Waals surface area contributed by atoms with Crippen molar-refractivity contribution in [3.05, 3.63) is 48.0 Å². The largest absolute Gasteiger partial charge is 0.103 e. The first-order chi connectivity index (χ1) is 15.2. The van der Waals surface area contributed by atoms with Crippen LogP contribution >= 0.6 is 0 Å². The second kappa shape index (κ2) is 11.7.